The smallest absolute Gasteiger partial charge is 0.122 e. The highest BCUT2D eigenvalue weighted by Crippen LogP contribution is 2.36. The van der Waals surface area contributed by atoms with Crippen molar-refractivity contribution in [3.8, 4) is 0 Å². The molecular formula is C17H17N2. The number of hydrogen-bond donors (Lipinski definition) is 0. The number of benzene rings is 2. The van der Waals surface area contributed by atoms with Gasteiger partial charge in [0.25, 0.3) is 0 Å². The summed E-state index contributed by atoms with van der Waals surface area (Å²) in [7, 11) is 0. The van der Waals surface area contributed by atoms with Crippen LogP contribution in [0.3, 0.4) is 0 Å². The van der Waals surface area contributed by atoms with Crippen LogP contribution >= 0.6 is 0 Å². The molecule has 2 nitrogen and oxygen atoms in total. The molecule has 4 rings (SSSR count). The molecule has 2 heterocycles. The summed E-state index contributed by atoms with van der Waals surface area (Å²) in [5, 5.41) is 4.88. The molecule has 2 aliphatic heterocycles. The Kier molecular flexibility index (Phi) is 2.56. The maximum Gasteiger partial charge on any atom is 0.122 e. The second-order valence-corrected chi connectivity index (χ2v) is 5.30. The Morgan fingerprint density at radius 3 is 2.63 bits per heavy atom. The van der Waals surface area contributed by atoms with Gasteiger partial charge >= 0.3 is 0 Å². The first-order valence-electron chi connectivity index (χ1n) is 7.02. The summed E-state index contributed by atoms with van der Waals surface area (Å²) >= 11 is 0. The van der Waals surface area contributed by atoms with Crippen LogP contribution in [-0.4, -0.2) is 13.1 Å². The average molecular weight is 249 g/mol. The second kappa shape index (κ2) is 4.39. The van der Waals surface area contributed by atoms with Crippen LogP contribution in [0.25, 0.3) is 0 Å². The topological polar surface area (TPSA) is 17.3 Å². The lowest BCUT2D eigenvalue weighted by molar-refractivity contribution is 0.475. The van der Waals surface area contributed by atoms with Gasteiger partial charge in [-0.2, -0.15) is 0 Å². The van der Waals surface area contributed by atoms with Crippen molar-refractivity contribution in [3.63, 3.8) is 0 Å². The molecule has 0 saturated carbocycles. The minimum atomic E-state index is 0.216. The molecule has 2 aromatic rings. The molecule has 0 bridgehead atoms. The van der Waals surface area contributed by atoms with Crippen LogP contribution in [-0.2, 0) is 12.8 Å². The number of rotatable bonds is 1. The van der Waals surface area contributed by atoms with Crippen molar-refractivity contribution in [2.75, 3.05) is 18.0 Å². The van der Waals surface area contributed by atoms with Crippen molar-refractivity contribution < 1.29 is 0 Å². The number of anilines is 1. The molecule has 1 atom stereocenters. The van der Waals surface area contributed by atoms with Gasteiger partial charge in [-0.25, -0.2) is 5.32 Å². The van der Waals surface area contributed by atoms with Crippen LogP contribution in [0.2, 0.25) is 0 Å². The number of para-hydroxylation sites is 1. The van der Waals surface area contributed by atoms with Gasteiger partial charge in [0.2, 0.25) is 0 Å². The van der Waals surface area contributed by atoms with Gasteiger partial charge in [0, 0.05) is 18.8 Å². The molecule has 2 heteroatoms. The molecule has 2 aromatic carbocycles. The molecule has 19 heavy (non-hydrogen) atoms. The summed E-state index contributed by atoms with van der Waals surface area (Å²) in [6, 6.07) is 17.5. The third-order valence-corrected chi connectivity index (χ3v) is 4.23. The largest absolute Gasteiger partial charge is 0.350 e. The van der Waals surface area contributed by atoms with Gasteiger partial charge < -0.3 is 4.90 Å². The van der Waals surface area contributed by atoms with E-state index in [4.69, 9.17) is 5.32 Å². The second-order valence-electron chi connectivity index (χ2n) is 5.30. The molecule has 2 aliphatic rings. The maximum atomic E-state index is 4.88. The van der Waals surface area contributed by atoms with Crippen molar-refractivity contribution in [2.45, 2.75) is 19.0 Å². The summed E-state index contributed by atoms with van der Waals surface area (Å²) in [4.78, 5) is 2.47. The van der Waals surface area contributed by atoms with Crippen molar-refractivity contribution in [2.24, 2.45) is 0 Å². The summed E-state index contributed by atoms with van der Waals surface area (Å²) in [5.41, 5.74) is 5.69. The fourth-order valence-corrected chi connectivity index (χ4v) is 3.30. The minimum Gasteiger partial charge on any atom is -0.350 e. The average Bonchev–Trinajstić information content (AvgIpc) is 2.90. The van der Waals surface area contributed by atoms with E-state index in [1.54, 1.807) is 0 Å². The third-order valence-electron chi connectivity index (χ3n) is 4.23. The zero-order valence-corrected chi connectivity index (χ0v) is 10.9. The van der Waals surface area contributed by atoms with Gasteiger partial charge in [-0.3, -0.25) is 0 Å². The molecular weight excluding hydrogens is 232 g/mol. The Morgan fingerprint density at radius 1 is 0.895 bits per heavy atom. The zero-order chi connectivity index (χ0) is 12.7. The monoisotopic (exact) mass is 249 g/mol. The Morgan fingerprint density at radius 2 is 1.68 bits per heavy atom. The molecule has 0 aliphatic carbocycles. The Hall–Kier alpha value is -1.80. The summed E-state index contributed by atoms with van der Waals surface area (Å²) in [6.45, 7) is 2.03. The molecule has 1 unspecified atom stereocenters. The van der Waals surface area contributed by atoms with E-state index in [-0.39, 0.29) is 6.17 Å². The van der Waals surface area contributed by atoms with E-state index >= 15 is 0 Å². The summed E-state index contributed by atoms with van der Waals surface area (Å²) in [5.74, 6) is 0. The van der Waals surface area contributed by atoms with Gasteiger partial charge in [0.15, 0.2) is 0 Å². The van der Waals surface area contributed by atoms with Gasteiger partial charge in [0.1, 0.15) is 6.17 Å². The van der Waals surface area contributed by atoms with Gasteiger partial charge in [-0.15, -0.1) is 0 Å². The van der Waals surface area contributed by atoms with E-state index in [0.717, 1.165) is 25.9 Å². The molecule has 0 aromatic heterocycles. The van der Waals surface area contributed by atoms with Crippen molar-refractivity contribution >= 4 is 5.69 Å². The Balaban J connectivity index is 1.76. The van der Waals surface area contributed by atoms with Crippen LogP contribution in [0, 0.1) is 0 Å². The minimum absolute atomic E-state index is 0.216. The summed E-state index contributed by atoms with van der Waals surface area (Å²) < 4.78 is 0. The first-order valence-corrected chi connectivity index (χ1v) is 7.02. The number of hydrogen-bond acceptors (Lipinski definition) is 1. The van der Waals surface area contributed by atoms with Gasteiger partial charge in [-0.05, 0) is 35.6 Å². The molecule has 0 fully saturated rings. The lowest BCUT2D eigenvalue weighted by Gasteiger charge is -2.34. The molecule has 0 amide bonds. The van der Waals surface area contributed by atoms with E-state index in [0.29, 0.717) is 0 Å². The predicted molar refractivity (Wildman–Crippen MR) is 77.4 cm³/mol. The van der Waals surface area contributed by atoms with Crippen molar-refractivity contribution in [1.29, 1.82) is 0 Å². The van der Waals surface area contributed by atoms with Crippen molar-refractivity contribution in [3.05, 3.63) is 65.2 Å². The third kappa shape index (κ3) is 1.75. The highest BCUT2D eigenvalue weighted by molar-refractivity contribution is 5.59. The fourth-order valence-electron chi connectivity index (χ4n) is 3.30. The molecule has 0 saturated heterocycles. The van der Waals surface area contributed by atoms with E-state index in [2.05, 4.69) is 53.4 Å². The van der Waals surface area contributed by atoms with E-state index in [1.807, 2.05) is 0 Å². The SMILES string of the molecule is c1ccc2c(c1)CC[N]C2N1CCc2ccccc21. The van der Waals surface area contributed by atoms with Crippen molar-refractivity contribution in [1.82, 2.24) is 5.32 Å². The maximum absolute atomic E-state index is 4.88. The van der Waals surface area contributed by atoms with Crippen LogP contribution in [0.4, 0.5) is 5.69 Å². The van der Waals surface area contributed by atoms with E-state index in [9.17, 15) is 0 Å². The first-order chi connectivity index (χ1) is 9.43. The Bertz CT molecular complexity index is 606. The van der Waals surface area contributed by atoms with Crippen LogP contribution in [0.15, 0.2) is 48.5 Å². The van der Waals surface area contributed by atoms with Crippen LogP contribution in [0.1, 0.15) is 22.9 Å². The van der Waals surface area contributed by atoms with Gasteiger partial charge in [-0.1, -0.05) is 42.5 Å². The molecule has 95 valence electrons. The molecule has 1 radical (unpaired) electrons. The van der Waals surface area contributed by atoms with E-state index in [1.165, 1.54) is 22.4 Å². The lowest BCUT2D eigenvalue weighted by atomic mass is 9.97. The van der Waals surface area contributed by atoms with Gasteiger partial charge in [0.05, 0.1) is 0 Å². The van der Waals surface area contributed by atoms with Crippen LogP contribution in [0.5, 0.6) is 0 Å². The number of fused-ring (bicyclic) bond motifs is 2. The highest BCUT2D eigenvalue weighted by Gasteiger charge is 2.30. The fraction of sp³-hybridized carbons (Fsp3) is 0.294. The van der Waals surface area contributed by atoms with Crippen LogP contribution < -0.4 is 10.2 Å². The molecule has 0 N–H and O–H groups in total. The number of nitrogens with zero attached hydrogens (tertiary/aromatic N) is 2. The highest BCUT2D eigenvalue weighted by atomic mass is 15.3. The zero-order valence-electron chi connectivity index (χ0n) is 10.9. The predicted octanol–water partition coefficient (Wildman–Crippen LogP) is 2.91. The first kappa shape index (κ1) is 11.1. The molecule has 0 spiro atoms. The summed E-state index contributed by atoms with van der Waals surface area (Å²) in [6.07, 6.45) is 2.44. The normalized spacial score (nSPS) is 21.1. The van der Waals surface area contributed by atoms with E-state index < -0.39 is 0 Å². The quantitative estimate of drug-likeness (QED) is 0.759. The standard InChI is InChI=1S/C17H17N2/c1-3-7-15-13(5-1)9-11-18-17(15)19-12-10-14-6-2-4-8-16(14)19/h1-8,17H,9-12H2. The lowest BCUT2D eigenvalue weighted by Crippen LogP contribution is -2.37. The Labute approximate surface area is 114 Å².